The summed E-state index contributed by atoms with van der Waals surface area (Å²) < 4.78 is 1.60. The van der Waals surface area contributed by atoms with Crippen LogP contribution in [-0.2, 0) is 11.3 Å². The lowest BCUT2D eigenvalue weighted by Crippen LogP contribution is -2.04. The summed E-state index contributed by atoms with van der Waals surface area (Å²) in [7, 11) is 0. The van der Waals surface area contributed by atoms with Crippen molar-refractivity contribution in [2.75, 3.05) is 0 Å². The molecule has 1 aromatic carbocycles. The molecule has 0 aliphatic carbocycles. The Kier molecular flexibility index (Phi) is 2.60. The van der Waals surface area contributed by atoms with Crippen LogP contribution < -0.4 is 0 Å². The summed E-state index contributed by atoms with van der Waals surface area (Å²) in [4.78, 5) is 10.4. The molecule has 0 spiro atoms. The number of aromatic nitrogens is 2. The number of aliphatic carboxylic acids is 1. The van der Waals surface area contributed by atoms with Gasteiger partial charge in [0.15, 0.2) is 0 Å². The van der Waals surface area contributed by atoms with Crippen LogP contribution in [0.15, 0.2) is 24.4 Å². The topological polar surface area (TPSA) is 55.1 Å². The Labute approximate surface area is 91.1 Å². The van der Waals surface area contributed by atoms with Gasteiger partial charge in [-0.2, -0.15) is 5.10 Å². The average Bonchev–Trinajstić information content (AvgIpc) is 2.59. The number of carboxylic acid groups (broad SMARTS) is 1. The number of halogens is 1. The third-order valence-electron chi connectivity index (χ3n) is 2.10. The minimum Gasteiger partial charge on any atom is -0.481 e. The predicted octanol–water partition coefficient (Wildman–Crippen LogP) is 2.16. The monoisotopic (exact) mass is 224 g/mol. The fourth-order valence-corrected chi connectivity index (χ4v) is 1.60. The molecular weight excluding hydrogens is 216 g/mol. The number of benzene rings is 1. The van der Waals surface area contributed by atoms with Crippen LogP contribution in [0, 0.1) is 0 Å². The smallest absolute Gasteiger partial charge is 0.305 e. The van der Waals surface area contributed by atoms with Gasteiger partial charge in [0, 0.05) is 11.6 Å². The van der Waals surface area contributed by atoms with E-state index in [4.69, 9.17) is 16.7 Å². The Morgan fingerprint density at radius 1 is 1.53 bits per heavy atom. The number of carbonyl (C=O) groups is 1. The van der Waals surface area contributed by atoms with Crippen LogP contribution in [0.1, 0.15) is 6.42 Å². The van der Waals surface area contributed by atoms with E-state index in [1.807, 2.05) is 12.1 Å². The van der Waals surface area contributed by atoms with E-state index < -0.39 is 5.97 Å². The predicted molar refractivity (Wildman–Crippen MR) is 57.0 cm³/mol. The molecule has 0 unspecified atom stereocenters. The van der Waals surface area contributed by atoms with Crippen LogP contribution in [0.3, 0.4) is 0 Å². The summed E-state index contributed by atoms with van der Waals surface area (Å²) in [6.07, 6.45) is 1.83. The first-order valence-electron chi connectivity index (χ1n) is 4.50. The summed E-state index contributed by atoms with van der Waals surface area (Å²) in [6.45, 7) is 0.361. The van der Waals surface area contributed by atoms with Crippen molar-refractivity contribution in [3.05, 3.63) is 29.4 Å². The van der Waals surface area contributed by atoms with Gasteiger partial charge in [-0.15, -0.1) is 0 Å². The molecule has 0 fully saturated rings. The molecule has 0 bridgehead atoms. The van der Waals surface area contributed by atoms with Gasteiger partial charge < -0.3 is 5.11 Å². The Bertz CT molecular complexity index is 507. The molecule has 0 saturated carbocycles. The molecule has 0 saturated heterocycles. The fourth-order valence-electron chi connectivity index (χ4n) is 1.38. The normalized spacial score (nSPS) is 10.7. The molecule has 0 radical (unpaired) electrons. The van der Waals surface area contributed by atoms with Gasteiger partial charge in [-0.25, -0.2) is 0 Å². The number of fused-ring (bicyclic) bond motifs is 1. The van der Waals surface area contributed by atoms with Crippen molar-refractivity contribution in [2.24, 2.45) is 0 Å². The zero-order valence-electron chi connectivity index (χ0n) is 7.85. The molecule has 15 heavy (non-hydrogen) atoms. The molecule has 0 aliphatic heterocycles. The highest BCUT2D eigenvalue weighted by atomic mass is 35.5. The van der Waals surface area contributed by atoms with Crippen molar-refractivity contribution in [1.82, 2.24) is 9.78 Å². The van der Waals surface area contributed by atoms with Crippen molar-refractivity contribution < 1.29 is 9.90 Å². The number of hydrogen-bond acceptors (Lipinski definition) is 2. The first-order chi connectivity index (χ1) is 7.16. The summed E-state index contributed by atoms with van der Waals surface area (Å²) in [5.41, 5.74) is 0.785. The molecule has 1 aromatic heterocycles. The van der Waals surface area contributed by atoms with E-state index in [2.05, 4.69) is 5.10 Å². The fraction of sp³-hybridized carbons (Fsp3) is 0.200. The molecule has 5 heteroatoms. The average molecular weight is 225 g/mol. The first-order valence-corrected chi connectivity index (χ1v) is 4.88. The third kappa shape index (κ3) is 2.10. The minimum atomic E-state index is -0.833. The second-order valence-corrected chi connectivity index (χ2v) is 3.62. The van der Waals surface area contributed by atoms with Gasteiger partial charge in [-0.1, -0.05) is 17.7 Å². The van der Waals surface area contributed by atoms with Crippen molar-refractivity contribution in [3.63, 3.8) is 0 Å². The zero-order chi connectivity index (χ0) is 10.8. The van der Waals surface area contributed by atoms with Gasteiger partial charge in [0.05, 0.1) is 23.5 Å². The third-order valence-corrected chi connectivity index (χ3v) is 2.43. The summed E-state index contributed by atoms with van der Waals surface area (Å²) in [5.74, 6) is -0.833. The van der Waals surface area contributed by atoms with Gasteiger partial charge in [0.2, 0.25) is 0 Å². The van der Waals surface area contributed by atoms with E-state index in [1.54, 1.807) is 16.9 Å². The van der Waals surface area contributed by atoms with E-state index >= 15 is 0 Å². The van der Waals surface area contributed by atoms with E-state index in [1.165, 1.54) is 0 Å². The number of aryl methyl sites for hydroxylation is 1. The second kappa shape index (κ2) is 3.90. The SMILES string of the molecule is O=C(O)CCn1cc2c(Cl)cccc2n1. The van der Waals surface area contributed by atoms with Crippen LogP contribution in [0.4, 0.5) is 0 Å². The molecule has 4 nitrogen and oxygen atoms in total. The maximum atomic E-state index is 10.4. The number of hydrogen-bond donors (Lipinski definition) is 1. The molecule has 78 valence electrons. The van der Waals surface area contributed by atoms with Crippen molar-refractivity contribution in [2.45, 2.75) is 13.0 Å². The first kappa shape index (κ1) is 9.98. The maximum absolute atomic E-state index is 10.4. The van der Waals surface area contributed by atoms with Gasteiger partial charge in [-0.05, 0) is 12.1 Å². The molecule has 2 rings (SSSR count). The van der Waals surface area contributed by atoms with Crippen LogP contribution in [0.2, 0.25) is 5.02 Å². The van der Waals surface area contributed by atoms with Gasteiger partial charge in [0.1, 0.15) is 0 Å². The van der Waals surface area contributed by atoms with Gasteiger partial charge >= 0.3 is 5.97 Å². The molecule has 1 heterocycles. The number of nitrogens with zero attached hydrogens (tertiary/aromatic N) is 2. The highest BCUT2D eigenvalue weighted by molar-refractivity contribution is 6.35. The minimum absolute atomic E-state index is 0.0611. The summed E-state index contributed by atoms with van der Waals surface area (Å²) in [5, 5.41) is 14.2. The van der Waals surface area contributed by atoms with E-state index in [0.717, 1.165) is 10.9 Å². The van der Waals surface area contributed by atoms with Crippen molar-refractivity contribution in [3.8, 4) is 0 Å². The number of carboxylic acids is 1. The van der Waals surface area contributed by atoms with Gasteiger partial charge in [-0.3, -0.25) is 9.48 Å². The molecule has 1 N–H and O–H groups in total. The molecular formula is C10H9ClN2O2. The van der Waals surface area contributed by atoms with Crippen molar-refractivity contribution >= 4 is 28.5 Å². The molecule has 0 amide bonds. The van der Waals surface area contributed by atoms with E-state index in [-0.39, 0.29) is 6.42 Å². The largest absolute Gasteiger partial charge is 0.481 e. The number of rotatable bonds is 3. The molecule has 0 aliphatic rings. The highest BCUT2D eigenvalue weighted by Gasteiger charge is 2.04. The maximum Gasteiger partial charge on any atom is 0.305 e. The van der Waals surface area contributed by atoms with Gasteiger partial charge in [0.25, 0.3) is 0 Å². The Hall–Kier alpha value is -1.55. The van der Waals surface area contributed by atoms with Crippen LogP contribution in [0.25, 0.3) is 10.9 Å². The Balaban J connectivity index is 2.31. The van der Waals surface area contributed by atoms with Crippen LogP contribution in [-0.4, -0.2) is 20.9 Å². The van der Waals surface area contributed by atoms with Crippen LogP contribution in [0.5, 0.6) is 0 Å². The lowest BCUT2D eigenvalue weighted by molar-refractivity contribution is -0.137. The second-order valence-electron chi connectivity index (χ2n) is 3.21. The van der Waals surface area contributed by atoms with Crippen LogP contribution >= 0.6 is 11.6 Å². The molecule has 0 atom stereocenters. The highest BCUT2D eigenvalue weighted by Crippen LogP contribution is 2.21. The van der Waals surface area contributed by atoms with E-state index in [0.29, 0.717) is 11.6 Å². The quantitative estimate of drug-likeness (QED) is 0.869. The lowest BCUT2D eigenvalue weighted by Gasteiger charge is -1.95. The molecule has 2 aromatic rings. The standard InChI is InChI=1S/C10H9ClN2O2/c11-8-2-1-3-9-7(8)6-13(12-9)5-4-10(14)15/h1-3,6H,4-5H2,(H,14,15). The Morgan fingerprint density at radius 3 is 3.00 bits per heavy atom. The lowest BCUT2D eigenvalue weighted by atomic mass is 10.3. The summed E-state index contributed by atoms with van der Waals surface area (Å²) in [6, 6.07) is 5.45. The van der Waals surface area contributed by atoms with Crippen molar-refractivity contribution in [1.29, 1.82) is 0 Å². The zero-order valence-corrected chi connectivity index (χ0v) is 8.61. The summed E-state index contributed by atoms with van der Waals surface area (Å²) >= 11 is 5.96. The van der Waals surface area contributed by atoms with E-state index in [9.17, 15) is 4.79 Å². The Morgan fingerprint density at radius 2 is 2.33 bits per heavy atom.